The van der Waals surface area contributed by atoms with E-state index in [1.54, 1.807) is 42.6 Å². The number of likely N-dealkylation sites (tertiary alicyclic amines) is 1. The summed E-state index contributed by atoms with van der Waals surface area (Å²) in [5, 5.41) is 18.9. The highest BCUT2D eigenvalue weighted by atomic mass is 32.2. The third-order valence-electron chi connectivity index (χ3n) is 17.8. The number of carbonyl (C=O) groups is 6. The van der Waals surface area contributed by atoms with E-state index in [1.165, 1.54) is 24.2 Å². The number of thioether (sulfide) groups is 1. The van der Waals surface area contributed by atoms with E-state index in [1.807, 2.05) is 37.7 Å². The van der Waals surface area contributed by atoms with Crippen molar-refractivity contribution in [2.24, 2.45) is 0 Å². The Bertz CT molecular complexity index is 2900. The van der Waals surface area contributed by atoms with Crippen LogP contribution in [0.5, 0.6) is 17.2 Å². The lowest BCUT2D eigenvalue weighted by Gasteiger charge is -2.38. The molecule has 6 N–H and O–H groups in total. The van der Waals surface area contributed by atoms with Gasteiger partial charge >= 0.3 is 12.1 Å². The molecule has 0 saturated carbocycles. The molecular formula is C73H118N12O17S. The first-order valence-electron chi connectivity index (χ1n) is 37.6. The van der Waals surface area contributed by atoms with Gasteiger partial charge in [0.15, 0.2) is 11.5 Å². The zero-order valence-corrected chi connectivity index (χ0v) is 62.2. The standard InChI is InChI=1S/C73H118N12O17S/c1-57(2)102-59-22-20-58(21-23-59)85(73(91)84-33-31-83(32-34-84)71-60-52-63(92-3)64(53-61(60)78-56-79-71)101-35-15-30-82-28-13-6-14-29-82)54-69(89)77-27-37-94-39-41-96-43-45-98-47-49-100-51-50-99-48-46-97-44-42-95-40-38-93-36-26-76-68(88)18-8-5-12-24-74-66(86)17-7-4-11-25-75-67(87)19-10-9-16-65-70-62(55-103-65)80-72(90)81-70/h20-23,52-53,56-57,62,65,70H,4-19,24-51,54-55H2,1-3H3,(H,74,86)(H,75,87)(H,76,88)(H,77,89)(H2,80,81,90)/t62-,65-,70-/m0/s1. The molecule has 30 heteroatoms. The van der Waals surface area contributed by atoms with Crippen LogP contribution in [0, 0.1) is 0 Å². The van der Waals surface area contributed by atoms with Gasteiger partial charge in [-0.05, 0) is 115 Å². The fraction of sp³-hybridized carbons (Fsp3) is 0.726. The lowest BCUT2D eigenvalue weighted by atomic mass is 10.0. The SMILES string of the molecule is COc1cc2c(N3CCN(C(=O)N(CC(=O)NCCOCCOCCOCCOCCOCCOCCOCCOCCNC(=O)CCCCCNC(=O)CCCCCNC(=O)CCCC[C@@H]4SC[C@@H]5NC(=O)N[C@@H]54)c4ccc(OC(C)C)cc4)CC3)ncnc2cc1OCCCN1CCCCC1. The van der Waals surface area contributed by atoms with E-state index < -0.39 is 0 Å². The van der Waals surface area contributed by atoms with Gasteiger partial charge in [0.2, 0.25) is 23.6 Å². The second-order valence-corrected chi connectivity index (χ2v) is 27.4. The van der Waals surface area contributed by atoms with Gasteiger partial charge in [-0.3, -0.25) is 24.1 Å². The van der Waals surface area contributed by atoms with Gasteiger partial charge in [-0.15, -0.1) is 0 Å². The molecule has 4 fully saturated rings. The number of carbonyl (C=O) groups excluding carboxylic acids is 6. The summed E-state index contributed by atoms with van der Waals surface area (Å²) < 4.78 is 62.6. The van der Waals surface area contributed by atoms with Crippen molar-refractivity contribution in [3.8, 4) is 17.2 Å². The number of piperidine rings is 1. The highest BCUT2D eigenvalue weighted by molar-refractivity contribution is 8.00. The molecule has 103 heavy (non-hydrogen) atoms. The van der Waals surface area contributed by atoms with E-state index in [9.17, 15) is 28.8 Å². The topological polar surface area (TPSA) is 315 Å². The van der Waals surface area contributed by atoms with Gasteiger partial charge in [0.25, 0.3) is 0 Å². The van der Waals surface area contributed by atoms with Crippen molar-refractivity contribution in [1.29, 1.82) is 0 Å². The molecule has 0 aliphatic carbocycles. The van der Waals surface area contributed by atoms with Crippen molar-refractivity contribution in [1.82, 2.24) is 51.7 Å². The number of fused-ring (bicyclic) bond motifs is 2. The average molecular weight is 1470 g/mol. The predicted octanol–water partition coefficient (Wildman–Crippen LogP) is 5.87. The van der Waals surface area contributed by atoms with E-state index in [2.05, 4.69) is 51.7 Å². The molecule has 1 aromatic heterocycles. The Labute approximate surface area is 613 Å². The number of anilines is 2. The van der Waals surface area contributed by atoms with Gasteiger partial charge in [-0.2, -0.15) is 11.8 Å². The first-order valence-corrected chi connectivity index (χ1v) is 38.6. The van der Waals surface area contributed by atoms with Crippen LogP contribution in [0.2, 0.25) is 0 Å². The molecule has 0 spiro atoms. The Morgan fingerprint density at radius 2 is 1.09 bits per heavy atom. The number of urea groups is 2. The summed E-state index contributed by atoms with van der Waals surface area (Å²) in [5.74, 6) is 3.40. The summed E-state index contributed by atoms with van der Waals surface area (Å²) in [5.41, 5.74) is 1.32. The zero-order valence-electron chi connectivity index (χ0n) is 61.4. The van der Waals surface area contributed by atoms with Crippen LogP contribution in [-0.2, 0) is 57.1 Å². The van der Waals surface area contributed by atoms with E-state index in [4.69, 9.17) is 52.1 Å². The minimum atomic E-state index is -0.323. The Morgan fingerprint density at radius 1 is 0.563 bits per heavy atom. The zero-order chi connectivity index (χ0) is 72.7. The fourth-order valence-corrected chi connectivity index (χ4v) is 13.8. The van der Waals surface area contributed by atoms with Crippen molar-refractivity contribution in [3.63, 3.8) is 0 Å². The Morgan fingerprint density at radius 3 is 1.63 bits per heavy atom. The molecule has 7 rings (SSSR count). The molecule has 3 aromatic rings. The molecule has 0 radical (unpaired) electrons. The van der Waals surface area contributed by atoms with Crippen LogP contribution in [0.15, 0.2) is 42.7 Å². The van der Waals surface area contributed by atoms with E-state index in [0.29, 0.717) is 199 Å². The van der Waals surface area contributed by atoms with Crippen molar-refractivity contribution in [2.45, 2.75) is 140 Å². The van der Waals surface area contributed by atoms with Gasteiger partial charge in [-0.1, -0.05) is 25.7 Å². The van der Waals surface area contributed by atoms with Crippen LogP contribution in [0.3, 0.4) is 0 Å². The molecule has 29 nitrogen and oxygen atoms in total. The molecule has 5 heterocycles. The number of nitrogens with zero attached hydrogens (tertiary/aromatic N) is 6. The van der Waals surface area contributed by atoms with E-state index >= 15 is 0 Å². The molecule has 2 aromatic carbocycles. The van der Waals surface area contributed by atoms with Crippen LogP contribution < -0.4 is 55.9 Å². The van der Waals surface area contributed by atoms with Gasteiger partial charge in [0, 0.05) is 106 Å². The van der Waals surface area contributed by atoms with E-state index in [-0.39, 0.29) is 73.6 Å². The minimum absolute atomic E-state index is 0.0166. The monoisotopic (exact) mass is 1470 g/mol. The second kappa shape index (κ2) is 50.8. The van der Waals surface area contributed by atoms with Gasteiger partial charge in [0.1, 0.15) is 24.4 Å². The molecule has 0 unspecified atom stereocenters. The highest BCUT2D eigenvalue weighted by Crippen LogP contribution is 2.36. The quantitative estimate of drug-likeness (QED) is 0.0284. The predicted molar refractivity (Wildman–Crippen MR) is 395 cm³/mol. The van der Waals surface area contributed by atoms with Crippen molar-refractivity contribution in [3.05, 3.63) is 42.7 Å². The van der Waals surface area contributed by atoms with Crippen molar-refractivity contribution < 1.29 is 80.9 Å². The second-order valence-electron chi connectivity index (χ2n) is 26.1. The number of rotatable bonds is 56. The van der Waals surface area contributed by atoms with Gasteiger partial charge in [-0.25, -0.2) is 19.6 Å². The Balaban J connectivity index is 0.591. The maximum Gasteiger partial charge on any atom is 0.325 e. The third kappa shape index (κ3) is 33.6. The summed E-state index contributed by atoms with van der Waals surface area (Å²) in [6, 6.07) is 11.1. The highest BCUT2D eigenvalue weighted by Gasteiger charge is 2.42. The Hall–Kier alpha value is -6.61. The number of methoxy groups -OCH3 is 1. The number of ether oxygens (including phenoxy) is 11. The van der Waals surface area contributed by atoms with Crippen LogP contribution in [0.1, 0.15) is 117 Å². The largest absolute Gasteiger partial charge is 0.493 e. The van der Waals surface area contributed by atoms with Crippen LogP contribution in [0.4, 0.5) is 21.1 Å². The first kappa shape index (κ1) is 83.7. The number of benzene rings is 2. The Kier molecular flexibility index (Phi) is 41.2. The van der Waals surface area contributed by atoms with Crippen LogP contribution >= 0.6 is 11.8 Å². The first-order chi connectivity index (χ1) is 50.4. The lowest BCUT2D eigenvalue weighted by molar-refractivity contribution is -0.122. The van der Waals surface area contributed by atoms with E-state index in [0.717, 1.165) is 106 Å². The molecule has 4 aliphatic rings. The third-order valence-corrected chi connectivity index (χ3v) is 19.3. The minimum Gasteiger partial charge on any atom is -0.493 e. The molecule has 0 bridgehead atoms. The number of amides is 8. The number of hydrogen-bond donors (Lipinski definition) is 6. The maximum atomic E-state index is 14.3. The summed E-state index contributed by atoms with van der Waals surface area (Å²) in [6.07, 6.45) is 15.4. The summed E-state index contributed by atoms with van der Waals surface area (Å²) in [7, 11) is 1.64. The number of unbranched alkanes of at least 4 members (excludes halogenated alkanes) is 5. The van der Waals surface area contributed by atoms with Gasteiger partial charge in [0.05, 0.1) is 143 Å². The summed E-state index contributed by atoms with van der Waals surface area (Å²) in [4.78, 5) is 93.1. The molecule has 4 aliphatic heterocycles. The van der Waals surface area contributed by atoms with Crippen molar-refractivity contribution >= 4 is 69.9 Å². The number of nitrogens with one attached hydrogen (secondary N) is 6. The number of aromatic nitrogens is 2. The molecular weight excluding hydrogens is 1350 g/mol. The lowest BCUT2D eigenvalue weighted by Crippen LogP contribution is -2.54. The van der Waals surface area contributed by atoms with Gasteiger partial charge < -0.3 is 98.7 Å². The normalized spacial score (nSPS) is 16.7. The molecule has 578 valence electrons. The molecule has 4 saturated heterocycles. The number of piperazine rings is 1. The molecule has 3 atom stereocenters. The maximum absolute atomic E-state index is 14.3. The van der Waals surface area contributed by atoms with Crippen LogP contribution in [-0.4, -0.2) is 283 Å². The summed E-state index contributed by atoms with van der Waals surface area (Å²) in [6.45, 7) is 17.8. The van der Waals surface area contributed by atoms with Crippen LogP contribution in [0.25, 0.3) is 10.9 Å². The number of hydrogen-bond acceptors (Lipinski definition) is 22. The average Bonchev–Trinajstić information content (AvgIpc) is 1.15. The fourth-order valence-electron chi connectivity index (χ4n) is 12.3. The summed E-state index contributed by atoms with van der Waals surface area (Å²) >= 11 is 1.90. The smallest absolute Gasteiger partial charge is 0.325 e. The molecule has 8 amide bonds. The van der Waals surface area contributed by atoms with Crippen molar-refractivity contribution in [2.75, 3.05) is 214 Å².